The minimum absolute atomic E-state index is 0.401. The van der Waals surface area contributed by atoms with Gasteiger partial charge in [-0.15, -0.1) is 0 Å². The van der Waals surface area contributed by atoms with Crippen molar-refractivity contribution in [3.05, 3.63) is 0 Å². The summed E-state index contributed by atoms with van der Waals surface area (Å²) in [7, 11) is 0. The number of piperazine rings is 1. The van der Waals surface area contributed by atoms with Gasteiger partial charge in [0.2, 0.25) is 5.91 Å². The molecule has 0 aliphatic carbocycles. The van der Waals surface area contributed by atoms with Crippen molar-refractivity contribution in [2.75, 3.05) is 39.3 Å². The number of nitrogens with two attached hydrogens (primary N) is 2. The first-order valence-corrected chi connectivity index (χ1v) is 5.63. The number of carbonyl (C=O) groups excluding carboxylic acids is 1. The number of nitrogens with zero attached hydrogens (tertiary/aromatic N) is 2. The maximum atomic E-state index is 10.7. The van der Waals surface area contributed by atoms with Gasteiger partial charge < -0.3 is 21.3 Å². The normalized spacial score (nSPS) is 21.5. The van der Waals surface area contributed by atoms with E-state index in [1.807, 2.05) is 0 Å². The molecule has 1 amide bonds. The van der Waals surface area contributed by atoms with Gasteiger partial charge in [0.05, 0.1) is 6.04 Å². The van der Waals surface area contributed by atoms with Crippen molar-refractivity contribution in [3.63, 3.8) is 0 Å². The van der Waals surface area contributed by atoms with Gasteiger partial charge in [-0.05, 0) is 13.0 Å². The van der Waals surface area contributed by atoms with Gasteiger partial charge in [-0.25, -0.2) is 0 Å². The Balaban J connectivity index is 2.16. The topological polar surface area (TPSA) is 75.6 Å². The van der Waals surface area contributed by atoms with E-state index in [0.29, 0.717) is 6.42 Å². The van der Waals surface area contributed by atoms with Crippen LogP contribution in [0.15, 0.2) is 0 Å². The van der Waals surface area contributed by atoms with Crippen molar-refractivity contribution in [2.45, 2.75) is 19.4 Å². The van der Waals surface area contributed by atoms with Crippen molar-refractivity contribution in [2.24, 2.45) is 11.5 Å². The van der Waals surface area contributed by atoms with Crippen LogP contribution in [0.25, 0.3) is 0 Å². The van der Waals surface area contributed by atoms with Crippen molar-refractivity contribution in [1.82, 2.24) is 9.80 Å². The Morgan fingerprint density at radius 3 is 2.27 bits per heavy atom. The molecule has 0 saturated carbocycles. The molecule has 1 atom stereocenters. The molecule has 1 unspecified atom stereocenters. The second-order valence-electron chi connectivity index (χ2n) is 4.07. The first-order chi connectivity index (χ1) is 7.13. The van der Waals surface area contributed by atoms with Gasteiger partial charge in [-0.3, -0.25) is 4.79 Å². The number of primary amides is 1. The lowest BCUT2D eigenvalue weighted by atomic mass is 10.2. The molecule has 4 N–H and O–H groups in total. The summed E-state index contributed by atoms with van der Waals surface area (Å²) >= 11 is 0. The third kappa shape index (κ3) is 4.15. The summed E-state index contributed by atoms with van der Waals surface area (Å²) in [5, 5.41) is 0. The number of amides is 1. The molecule has 5 heteroatoms. The maximum absolute atomic E-state index is 10.7. The zero-order valence-electron chi connectivity index (χ0n) is 9.48. The van der Waals surface area contributed by atoms with Crippen LogP contribution in [-0.4, -0.2) is 61.0 Å². The third-order valence-electron chi connectivity index (χ3n) is 3.03. The fourth-order valence-electron chi connectivity index (χ4n) is 1.79. The Morgan fingerprint density at radius 1 is 1.27 bits per heavy atom. The van der Waals surface area contributed by atoms with Crippen molar-refractivity contribution in [1.29, 1.82) is 0 Å². The molecular formula is C10H22N4O. The predicted molar refractivity (Wildman–Crippen MR) is 60.3 cm³/mol. The fraction of sp³-hybridized carbons (Fsp3) is 0.900. The number of hydrogen-bond acceptors (Lipinski definition) is 4. The van der Waals surface area contributed by atoms with Gasteiger partial charge in [0, 0.05) is 32.7 Å². The summed E-state index contributed by atoms with van der Waals surface area (Å²) in [6.45, 7) is 8.54. The second kappa shape index (κ2) is 6.05. The smallest absolute Gasteiger partial charge is 0.234 e. The summed E-state index contributed by atoms with van der Waals surface area (Å²) in [5.74, 6) is -0.401. The number of hydrogen-bond donors (Lipinski definition) is 2. The van der Waals surface area contributed by atoms with Crippen LogP contribution in [0.5, 0.6) is 0 Å². The molecule has 0 spiro atoms. The van der Waals surface area contributed by atoms with Gasteiger partial charge in [0.1, 0.15) is 0 Å². The molecule has 5 nitrogen and oxygen atoms in total. The minimum atomic E-state index is -0.491. The average molecular weight is 214 g/mol. The SMILES string of the molecule is CCN1CCN(CCC(N)C(N)=O)CC1. The summed E-state index contributed by atoms with van der Waals surface area (Å²) in [6.07, 6.45) is 0.668. The maximum Gasteiger partial charge on any atom is 0.234 e. The molecule has 0 radical (unpaired) electrons. The highest BCUT2D eigenvalue weighted by atomic mass is 16.1. The zero-order valence-corrected chi connectivity index (χ0v) is 9.48. The van der Waals surface area contributed by atoms with Crippen LogP contribution in [0.4, 0.5) is 0 Å². The first kappa shape index (κ1) is 12.4. The Morgan fingerprint density at radius 2 is 1.80 bits per heavy atom. The Labute approximate surface area is 91.4 Å². The molecule has 1 saturated heterocycles. The Bertz CT molecular complexity index is 202. The lowest BCUT2D eigenvalue weighted by Gasteiger charge is -2.34. The van der Waals surface area contributed by atoms with E-state index in [-0.39, 0.29) is 0 Å². The van der Waals surface area contributed by atoms with Crippen LogP contribution in [0.2, 0.25) is 0 Å². The number of likely N-dealkylation sites (N-methyl/N-ethyl adjacent to an activating group) is 1. The number of carbonyl (C=O) groups is 1. The molecule has 1 heterocycles. The summed E-state index contributed by atoms with van der Waals surface area (Å²) in [6, 6.07) is -0.491. The Kier molecular flexibility index (Phi) is 5.01. The summed E-state index contributed by atoms with van der Waals surface area (Å²) in [4.78, 5) is 15.5. The largest absolute Gasteiger partial charge is 0.368 e. The average Bonchev–Trinajstić information content (AvgIpc) is 2.26. The molecule has 0 aromatic heterocycles. The minimum Gasteiger partial charge on any atom is -0.368 e. The van der Waals surface area contributed by atoms with Gasteiger partial charge in [0.15, 0.2) is 0 Å². The highest BCUT2D eigenvalue weighted by Gasteiger charge is 2.17. The molecule has 1 rings (SSSR count). The van der Waals surface area contributed by atoms with E-state index in [4.69, 9.17) is 11.5 Å². The third-order valence-corrected chi connectivity index (χ3v) is 3.03. The van der Waals surface area contributed by atoms with Crippen LogP contribution in [0.1, 0.15) is 13.3 Å². The molecule has 0 aromatic rings. The van der Waals surface area contributed by atoms with Gasteiger partial charge in [-0.2, -0.15) is 0 Å². The standard InChI is InChI=1S/C10H22N4O/c1-2-13-5-7-14(8-6-13)4-3-9(11)10(12)15/h9H,2-8,11H2,1H3,(H2,12,15). The quantitative estimate of drug-likeness (QED) is 0.604. The summed E-state index contributed by atoms with van der Waals surface area (Å²) in [5.41, 5.74) is 10.7. The van der Waals surface area contributed by atoms with Crippen molar-refractivity contribution >= 4 is 5.91 Å². The second-order valence-corrected chi connectivity index (χ2v) is 4.07. The molecule has 0 aromatic carbocycles. The van der Waals surface area contributed by atoms with Crippen LogP contribution in [0, 0.1) is 0 Å². The van der Waals surface area contributed by atoms with Crippen molar-refractivity contribution in [3.8, 4) is 0 Å². The van der Waals surface area contributed by atoms with Gasteiger partial charge in [0.25, 0.3) is 0 Å². The Hall–Kier alpha value is -0.650. The zero-order chi connectivity index (χ0) is 11.3. The molecule has 15 heavy (non-hydrogen) atoms. The highest BCUT2D eigenvalue weighted by Crippen LogP contribution is 2.02. The van der Waals surface area contributed by atoms with E-state index >= 15 is 0 Å². The van der Waals surface area contributed by atoms with E-state index in [2.05, 4.69) is 16.7 Å². The molecule has 88 valence electrons. The summed E-state index contributed by atoms with van der Waals surface area (Å²) < 4.78 is 0. The van der Waals surface area contributed by atoms with Crippen molar-refractivity contribution < 1.29 is 4.79 Å². The van der Waals surface area contributed by atoms with E-state index < -0.39 is 11.9 Å². The molecule has 1 aliphatic rings. The lowest BCUT2D eigenvalue weighted by Crippen LogP contribution is -2.48. The van der Waals surface area contributed by atoms with E-state index in [1.54, 1.807) is 0 Å². The fourth-order valence-corrected chi connectivity index (χ4v) is 1.79. The molecule has 0 bridgehead atoms. The van der Waals surface area contributed by atoms with Crippen LogP contribution < -0.4 is 11.5 Å². The van der Waals surface area contributed by atoms with Crippen LogP contribution in [-0.2, 0) is 4.79 Å². The monoisotopic (exact) mass is 214 g/mol. The van der Waals surface area contributed by atoms with Gasteiger partial charge >= 0.3 is 0 Å². The molecule has 1 aliphatic heterocycles. The first-order valence-electron chi connectivity index (χ1n) is 5.63. The number of rotatable bonds is 5. The highest BCUT2D eigenvalue weighted by molar-refractivity contribution is 5.79. The molecule has 1 fully saturated rings. The van der Waals surface area contributed by atoms with Crippen LogP contribution >= 0.6 is 0 Å². The van der Waals surface area contributed by atoms with Gasteiger partial charge in [-0.1, -0.05) is 6.92 Å². The van der Waals surface area contributed by atoms with E-state index in [1.165, 1.54) is 0 Å². The predicted octanol–water partition coefficient (Wildman–Crippen LogP) is -1.17. The van der Waals surface area contributed by atoms with E-state index in [9.17, 15) is 4.79 Å². The molecular weight excluding hydrogens is 192 g/mol. The lowest BCUT2D eigenvalue weighted by molar-refractivity contribution is -0.119. The van der Waals surface area contributed by atoms with Crippen LogP contribution in [0.3, 0.4) is 0 Å². The van der Waals surface area contributed by atoms with E-state index in [0.717, 1.165) is 39.3 Å².